The van der Waals surface area contributed by atoms with E-state index in [1.54, 1.807) is 41.3 Å². The summed E-state index contributed by atoms with van der Waals surface area (Å²) < 4.78 is 4.70. The van der Waals surface area contributed by atoms with Crippen LogP contribution >= 0.6 is 0 Å². The summed E-state index contributed by atoms with van der Waals surface area (Å²) in [4.78, 5) is 51.8. The quantitative estimate of drug-likeness (QED) is 0.132. The number of nitrogens with zero attached hydrogens (tertiary/aromatic N) is 1. The van der Waals surface area contributed by atoms with Crippen LogP contribution in [0.5, 0.6) is 0 Å². The summed E-state index contributed by atoms with van der Waals surface area (Å²) in [7, 11) is 1.33. The number of rotatable bonds is 11. The van der Waals surface area contributed by atoms with Crippen LogP contribution in [0.1, 0.15) is 74.2 Å². The van der Waals surface area contributed by atoms with Crippen LogP contribution in [-0.2, 0) is 34.0 Å². The maximum atomic E-state index is 13.4. The van der Waals surface area contributed by atoms with Crippen molar-refractivity contribution in [1.82, 2.24) is 10.6 Å². The zero-order valence-corrected chi connectivity index (χ0v) is 25.7. The molecule has 8 heteroatoms. The third-order valence-corrected chi connectivity index (χ3v) is 7.75. The third kappa shape index (κ3) is 8.27. The zero-order chi connectivity index (χ0) is 32.3. The van der Waals surface area contributed by atoms with E-state index in [0.717, 1.165) is 33.5 Å². The third-order valence-electron chi connectivity index (χ3n) is 7.75. The maximum Gasteiger partial charge on any atom is 0.337 e. The highest BCUT2D eigenvalue weighted by Crippen LogP contribution is 2.26. The lowest BCUT2D eigenvalue weighted by molar-refractivity contribution is -0.122. The molecule has 0 fully saturated rings. The maximum absolute atomic E-state index is 13.4. The number of carbonyl (C=O) groups is 4. The molecule has 5 rings (SSSR count). The van der Waals surface area contributed by atoms with Gasteiger partial charge < -0.3 is 20.3 Å². The summed E-state index contributed by atoms with van der Waals surface area (Å²) >= 11 is 0. The Morgan fingerprint density at radius 3 is 2.00 bits per heavy atom. The summed E-state index contributed by atoms with van der Waals surface area (Å²) in [5.74, 6) is 5.73. The minimum absolute atomic E-state index is 0.00644. The van der Waals surface area contributed by atoms with Crippen LogP contribution in [-0.4, -0.2) is 30.8 Å². The van der Waals surface area contributed by atoms with Crippen molar-refractivity contribution in [1.29, 1.82) is 0 Å². The average molecular weight is 614 g/mol. The summed E-state index contributed by atoms with van der Waals surface area (Å²) in [6, 6.07) is 29.5. The molecule has 0 bridgehead atoms. The summed E-state index contributed by atoms with van der Waals surface area (Å²) in [5.41, 5.74) is 6.24. The van der Waals surface area contributed by atoms with E-state index in [9.17, 15) is 19.2 Å². The van der Waals surface area contributed by atoms with E-state index in [1.807, 2.05) is 60.7 Å². The Bertz CT molecular complexity index is 1790. The van der Waals surface area contributed by atoms with E-state index < -0.39 is 5.97 Å². The molecule has 232 valence electrons. The molecule has 1 aliphatic rings. The second-order valence-corrected chi connectivity index (χ2v) is 11.0. The fraction of sp³-hybridized carbons (Fsp3) is 0.211. The highest BCUT2D eigenvalue weighted by atomic mass is 16.5. The van der Waals surface area contributed by atoms with Gasteiger partial charge in [-0.15, -0.1) is 0 Å². The van der Waals surface area contributed by atoms with Crippen LogP contribution in [0, 0.1) is 11.8 Å². The number of hydrogen-bond acceptors (Lipinski definition) is 5. The topological polar surface area (TPSA) is 105 Å². The molecule has 0 radical (unpaired) electrons. The molecule has 0 atom stereocenters. The Labute approximate surface area is 268 Å². The first-order valence-corrected chi connectivity index (χ1v) is 15.2. The van der Waals surface area contributed by atoms with Gasteiger partial charge in [0, 0.05) is 42.6 Å². The number of anilines is 1. The fourth-order valence-corrected chi connectivity index (χ4v) is 5.13. The van der Waals surface area contributed by atoms with Crippen molar-refractivity contribution in [2.45, 2.75) is 45.3 Å². The number of ether oxygens (including phenoxy) is 1. The minimum atomic E-state index is -0.410. The highest BCUT2D eigenvalue weighted by Gasteiger charge is 2.21. The predicted octanol–water partition coefficient (Wildman–Crippen LogP) is 5.53. The Morgan fingerprint density at radius 2 is 1.28 bits per heavy atom. The van der Waals surface area contributed by atoms with Crippen molar-refractivity contribution >= 4 is 29.4 Å². The number of esters is 1. The van der Waals surface area contributed by atoms with Crippen molar-refractivity contribution in [2.24, 2.45) is 0 Å². The standard InChI is InChI=1S/C38H35N3O5/c1-46-38(45)32-20-16-28(17-21-32)25-40-37(44)31-18-14-27(15-19-31)24-39-35(42)12-6-7-13-36(43)41-26-33-10-3-2-8-29(33)22-23-30-9-4-5-11-34(30)41/h2-5,8-11,14-21H,6-7,12-13,24-26H2,1H3,(H,39,42)(H,40,44). The molecule has 0 unspecified atom stereocenters. The number of nitrogens with one attached hydrogen (secondary N) is 2. The SMILES string of the molecule is COC(=O)c1ccc(CNC(=O)c2ccc(CNC(=O)CCCCC(=O)N3Cc4ccccc4C#Cc4ccccc43)cc2)cc1. The molecule has 0 saturated heterocycles. The molecule has 4 aromatic carbocycles. The lowest BCUT2D eigenvalue weighted by Gasteiger charge is -2.26. The van der Waals surface area contributed by atoms with Gasteiger partial charge >= 0.3 is 5.97 Å². The van der Waals surface area contributed by atoms with Crippen LogP contribution in [0.3, 0.4) is 0 Å². The van der Waals surface area contributed by atoms with Gasteiger partial charge in [0.25, 0.3) is 5.91 Å². The molecule has 46 heavy (non-hydrogen) atoms. The van der Waals surface area contributed by atoms with Crippen molar-refractivity contribution in [2.75, 3.05) is 12.0 Å². The van der Waals surface area contributed by atoms with Gasteiger partial charge in [-0.05, 0) is 72.0 Å². The van der Waals surface area contributed by atoms with E-state index in [0.29, 0.717) is 56.4 Å². The summed E-state index contributed by atoms with van der Waals surface area (Å²) in [5, 5.41) is 5.78. The normalized spacial score (nSPS) is 11.5. The number of amides is 3. The first-order chi connectivity index (χ1) is 22.4. The van der Waals surface area contributed by atoms with E-state index in [-0.39, 0.29) is 17.7 Å². The fourth-order valence-electron chi connectivity index (χ4n) is 5.13. The van der Waals surface area contributed by atoms with E-state index in [2.05, 4.69) is 22.5 Å². The van der Waals surface area contributed by atoms with Gasteiger partial charge in [-0.25, -0.2) is 4.79 Å². The van der Waals surface area contributed by atoms with Gasteiger partial charge in [0.2, 0.25) is 11.8 Å². The molecule has 0 aromatic heterocycles. The minimum Gasteiger partial charge on any atom is -0.465 e. The molecule has 8 nitrogen and oxygen atoms in total. The Kier molecular flexibility index (Phi) is 10.6. The van der Waals surface area contributed by atoms with Gasteiger partial charge in [-0.3, -0.25) is 14.4 Å². The van der Waals surface area contributed by atoms with Gasteiger partial charge in [0.15, 0.2) is 0 Å². The van der Waals surface area contributed by atoms with Gasteiger partial charge in [-0.1, -0.05) is 66.4 Å². The van der Waals surface area contributed by atoms with Crippen molar-refractivity contribution in [3.8, 4) is 11.8 Å². The van der Waals surface area contributed by atoms with Gasteiger partial charge in [0.05, 0.1) is 24.9 Å². The number of para-hydroxylation sites is 1. The smallest absolute Gasteiger partial charge is 0.337 e. The highest BCUT2D eigenvalue weighted by molar-refractivity contribution is 5.95. The molecule has 3 amide bonds. The molecule has 0 spiro atoms. The number of hydrogen-bond donors (Lipinski definition) is 2. The Hall–Kier alpha value is -5.68. The van der Waals surface area contributed by atoms with Gasteiger partial charge in [-0.2, -0.15) is 0 Å². The lowest BCUT2D eigenvalue weighted by atomic mass is 10.0. The molecule has 1 aliphatic heterocycles. The molecular weight excluding hydrogens is 578 g/mol. The second-order valence-electron chi connectivity index (χ2n) is 11.0. The van der Waals surface area contributed by atoms with Crippen LogP contribution in [0.2, 0.25) is 0 Å². The predicted molar refractivity (Wildman–Crippen MR) is 176 cm³/mol. The van der Waals surface area contributed by atoms with Crippen LogP contribution in [0.15, 0.2) is 97.1 Å². The number of benzene rings is 4. The van der Waals surface area contributed by atoms with E-state index >= 15 is 0 Å². The Balaban J connectivity index is 1.04. The van der Waals surface area contributed by atoms with E-state index in [4.69, 9.17) is 4.74 Å². The summed E-state index contributed by atoms with van der Waals surface area (Å²) in [6.45, 7) is 1.11. The number of carbonyl (C=O) groups excluding carboxylic acids is 4. The van der Waals surface area contributed by atoms with E-state index in [1.165, 1.54) is 7.11 Å². The molecule has 0 aliphatic carbocycles. The second kappa shape index (κ2) is 15.4. The first kappa shape index (κ1) is 31.7. The average Bonchev–Trinajstić information content (AvgIpc) is 3.09. The molecular formula is C38H35N3O5. The van der Waals surface area contributed by atoms with Crippen molar-refractivity contribution in [3.05, 3.63) is 136 Å². The van der Waals surface area contributed by atoms with Crippen LogP contribution in [0.25, 0.3) is 0 Å². The monoisotopic (exact) mass is 613 g/mol. The lowest BCUT2D eigenvalue weighted by Crippen LogP contribution is -2.31. The van der Waals surface area contributed by atoms with Gasteiger partial charge in [0.1, 0.15) is 0 Å². The van der Waals surface area contributed by atoms with Crippen LogP contribution < -0.4 is 15.5 Å². The molecule has 1 heterocycles. The van der Waals surface area contributed by atoms with Crippen LogP contribution in [0.4, 0.5) is 5.69 Å². The molecule has 0 saturated carbocycles. The molecule has 4 aromatic rings. The molecule has 2 N–H and O–H groups in total. The largest absolute Gasteiger partial charge is 0.465 e. The number of fused-ring (bicyclic) bond motifs is 2. The first-order valence-electron chi connectivity index (χ1n) is 15.2. The number of unbranched alkanes of at least 4 members (excludes halogenated alkanes) is 1. The summed E-state index contributed by atoms with van der Waals surface area (Å²) in [6.07, 6.45) is 1.84. The number of methoxy groups -OCH3 is 1. The van der Waals surface area contributed by atoms with Crippen molar-refractivity contribution in [3.63, 3.8) is 0 Å². The van der Waals surface area contributed by atoms with Crippen molar-refractivity contribution < 1.29 is 23.9 Å². The Morgan fingerprint density at radius 1 is 0.696 bits per heavy atom. The zero-order valence-electron chi connectivity index (χ0n) is 25.7.